The predicted molar refractivity (Wildman–Crippen MR) is 60.6 cm³/mol. The molecule has 0 fully saturated rings. The number of esters is 1. The van der Waals surface area contributed by atoms with Crippen LogP contribution in [0.25, 0.3) is 10.9 Å². The second-order valence-corrected chi connectivity index (χ2v) is 3.49. The van der Waals surface area contributed by atoms with Crippen LogP contribution < -0.4 is 5.43 Å². The minimum absolute atomic E-state index is 0.0618. The Morgan fingerprint density at radius 1 is 1.31 bits per heavy atom. The molecule has 4 nitrogen and oxygen atoms in total. The van der Waals surface area contributed by atoms with E-state index in [2.05, 4.69) is 9.72 Å². The summed E-state index contributed by atoms with van der Waals surface area (Å²) in [6, 6.07) is 4.70. The van der Waals surface area contributed by atoms with Crippen molar-refractivity contribution >= 4 is 16.9 Å². The van der Waals surface area contributed by atoms with E-state index in [1.165, 1.54) is 13.2 Å². The fourth-order valence-corrected chi connectivity index (χ4v) is 1.72. The highest BCUT2D eigenvalue weighted by Crippen LogP contribution is 2.17. The Hall–Kier alpha value is -2.10. The molecule has 1 aromatic heterocycles. The number of benzene rings is 1. The molecule has 1 aromatic carbocycles. The van der Waals surface area contributed by atoms with Crippen molar-refractivity contribution in [3.05, 3.63) is 45.7 Å². The topological polar surface area (TPSA) is 59.2 Å². The third-order valence-electron chi connectivity index (χ3n) is 2.60. The van der Waals surface area contributed by atoms with Crippen LogP contribution >= 0.6 is 0 Å². The zero-order valence-corrected chi connectivity index (χ0v) is 9.03. The van der Waals surface area contributed by atoms with Gasteiger partial charge in [-0.1, -0.05) is 0 Å². The summed E-state index contributed by atoms with van der Waals surface area (Å²) in [5.74, 6) is -0.399. The fourth-order valence-electron chi connectivity index (χ4n) is 1.72. The second kappa shape index (κ2) is 3.81. The molecule has 0 spiro atoms. The molecule has 0 bridgehead atoms. The van der Waals surface area contributed by atoms with Crippen molar-refractivity contribution in [3.8, 4) is 0 Å². The highest BCUT2D eigenvalue weighted by molar-refractivity contribution is 5.97. The number of fused-ring (bicyclic) bond motifs is 1. The summed E-state index contributed by atoms with van der Waals surface area (Å²) in [7, 11) is 1.33. The number of rotatable bonds is 1. The molecule has 0 unspecified atom stereocenters. The zero-order valence-electron chi connectivity index (χ0n) is 9.03. The van der Waals surface area contributed by atoms with Gasteiger partial charge in [0.2, 0.25) is 0 Å². The SMILES string of the molecule is COC(=O)c1ccc2c(=O)cc[nH]c2c1C. The van der Waals surface area contributed by atoms with Crippen molar-refractivity contribution in [1.29, 1.82) is 0 Å². The Labute approximate surface area is 91.9 Å². The van der Waals surface area contributed by atoms with Crippen LogP contribution in [0.5, 0.6) is 0 Å². The van der Waals surface area contributed by atoms with E-state index in [0.717, 1.165) is 5.56 Å². The number of pyridine rings is 1. The lowest BCUT2D eigenvalue weighted by Gasteiger charge is -2.06. The van der Waals surface area contributed by atoms with E-state index in [-0.39, 0.29) is 5.43 Å². The van der Waals surface area contributed by atoms with Gasteiger partial charge in [0.1, 0.15) is 0 Å². The fraction of sp³-hybridized carbons (Fsp3) is 0.167. The predicted octanol–water partition coefficient (Wildman–Crippen LogP) is 1.62. The first-order valence-electron chi connectivity index (χ1n) is 4.84. The highest BCUT2D eigenvalue weighted by Gasteiger charge is 2.12. The van der Waals surface area contributed by atoms with E-state index >= 15 is 0 Å². The van der Waals surface area contributed by atoms with Gasteiger partial charge in [0.15, 0.2) is 5.43 Å². The Bertz CT molecular complexity index is 613. The molecule has 2 rings (SSSR count). The van der Waals surface area contributed by atoms with Crippen LogP contribution in [0.3, 0.4) is 0 Å². The van der Waals surface area contributed by atoms with Gasteiger partial charge < -0.3 is 9.72 Å². The summed E-state index contributed by atoms with van der Waals surface area (Å²) in [6.07, 6.45) is 1.57. The van der Waals surface area contributed by atoms with Gasteiger partial charge in [0.25, 0.3) is 0 Å². The third kappa shape index (κ3) is 1.48. The van der Waals surface area contributed by atoms with Crippen LogP contribution in [-0.2, 0) is 4.74 Å². The number of carbonyl (C=O) groups excluding carboxylic acids is 1. The maximum atomic E-state index is 11.5. The molecule has 0 saturated heterocycles. The van der Waals surface area contributed by atoms with Gasteiger partial charge in [-0.05, 0) is 24.6 Å². The van der Waals surface area contributed by atoms with Crippen LogP contribution in [-0.4, -0.2) is 18.1 Å². The van der Waals surface area contributed by atoms with E-state index in [4.69, 9.17) is 0 Å². The van der Waals surface area contributed by atoms with Gasteiger partial charge in [0.05, 0.1) is 18.2 Å². The van der Waals surface area contributed by atoms with Gasteiger partial charge in [-0.2, -0.15) is 0 Å². The summed E-state index contributed by atoms with van der Waals surface area (Å²) in [4.78, 5) is 26.0. The maximum absolute atomic E-state index is 11.5. The van der Waals surface area contributed by atoms with E-state index in [1.54, 1.807) is 25.3 Å². The molecule has 2 aromatic rings. The van der Waals surface area contributed by atoms with E-state index in [9.17, 15) is 9.59 Å². The molecule has 1 heterocycles. The molecule has 0 amide bonds. The van der Waals surface area contributed by atoms with Crippen molar-refractivity contribution in [2.45, 2.75) is 6.92 Å². The van der Waals surface area contributed by atoms with Gasteiger partial charge in [-0.15, -0.1) is 0 Å². The van der Waals surface area contributed by atoms with Crippen molar-refractivity contribution in [3.63, 3.8) is 0 Å². The van der Waals surface area contributed by atoms with Gasteiger partial charge in [0, 0.05) is 17.6 Å². The average molecular weight is 217 g/mol. The number of H-pyrrole nitrogens is 1. The summed E-state index contributed by atoms with van der Waals surface area (Å²) < 4.78 is 4.67. The molecular formula is C12H11NO3. The van der Waals surface area contributed by atoms with Crippen LogP contribution in [0.4, 0.5) is 0 Å². The first-order valence-corrected chi connectivity index (χ1v) is 4.84. The van der Waals surface area contributed by atoms with Crippen molar-refractivity contribution in [2.75, 3.05) is 7.11 Å². The quantitative estimate of drug-likeness (QED) is 0.738. The van der Waals surface area contributed by atoms with Gasteiger partial charge >= 0.3 is 5.97 Å². The standard InChI is InChI=1S/C12H11NO3/c1-7-8(12(15)16-2)3-4-9-10(14)5-6-13-11(7)9/h3-6H,1-2H3,(H,13,14). The first kappa shape index (κ1) is 10.4. The van der Waals surface area contributed by atoms with Crippen LogP contribution in [0, 0.1) is 6.92 Å². The van der Waals surface area contributed by atoms with Gasteiger partial charge in [-0.3, -0.25) is 4.79 Å². The van der Waals surface area contributed by atoms with E-state index in [1.807, 2.05) is 0 Å². The Morgan fingerprint density at radius 3 is 2.75 bits per heavy atom. The number of nitrogens with one attached hydrogen (secondary N) is 1. The first-order chi connectivity index (χ1) is 7.65. The van der Waals surface area contributed by atoms with Crippen molar-refractivity contribution in [1.82, 2.24) is 4.98 Å². The zero-order chi connectivity index (χ0) is 11.7. The smallest absolute Gasteiger partial charge is 0.338 e. The number of carbonyl (C=O) groups is 1. The molecule has 0 atom stereocenters. The number of aromatic amines is 1. The third-order valence-corrected chi connectivity index (χ3v) is 2.60. The van der Waals surface area contributed by atoms with Crippen LogP contribution in [0.2, 0.25) is 0 Å². The summed E-state index contributed by atoms with van der Waals surface area (Å²) in [5.41, 5.74) is 1.81. The van der Waals surface area contributed by atoms with Crippen LogP contribution in [0.15, 0.2) is 29.2 Å². The number of ether oxygens (including phenoxy) is 1. The summed E-state index contributed by atoms with van der Waals surface area (Å²) >= 11 is 0. The molecular weight excluding hydrogens is 206 g/mol. The Morgan fingerprint density at radius 2 is 2.06 bits per heavy atom. The van der Waals surface area contributed by atoms with E-state index < -0.39 is 5.97 Å². The normalized spacial score (nSPS) is 10.4. The molecule has 0 aliphatic heterocycles. The molecule has 0 radical (unpaired) electrons. The monoisotopic (exact) mass is 217 g/mol. The number of hydrogen-bond donors (Lipinski definition) is 1. The maximum Gasteiger partial charge on any atom is 0.338 e. The number of aromatic nitrogens is 1. The summed E-state index contributed by atoms with van der Waals surface area (Å²) in [5, 5.41) is 0.577. The van der Waals surface area contributed by atoms with E-state index in [0.29, 0.717) is 16.5 Å². The van der Waals surface area contributed by atoms with Crippen molar-refractivity contribution < 1.29 is 9.53 Å². The number of aryl methyl sites for hydroxylation is 1. The molecule has 0 aliphatic rings. The molecule has 4 heteroatoms. The minimum Gasteiger partial charge on any atom is -0.465 e. The average Bonchev–Trinajstić information content (AvgIpc) is 2.30. The molecule has 0 aliphatic carbocycles. The Balaban J connectivity index is 2.80. The summed E-state index contributed by atoms with van der Waals surface area (Å²) in [6.45, 7) is 1.78. The van der Waals surface area contributed by atoms with Crippen molar-refractivity contribution in [2.24, 2.45) is 0 Å². The van der Waals surface area contributed by atoms with Crippen LogP contribution in [0.1, 0.15) is 15.9 Å². The lowest BCUT2D eigenvalue weighted by atomic mass is 10.0. The van der Waals surface area contributed by atoms with Gasteiger partial charge in [-0.25, -0.2) is 4.79 Å². The highest BCUT2D eigenvalue weighted by atomic mass is 16.5. The number of methoxy groups -OCH3 is 1. The lowest BCUT2D eigenvalue weighted by Crippen LogP contribution is -2.07. The largest absolute Gasteiger partial charge is 0.465 e. The minimum atomic E-state index is -0.399. The molecule has 1 N–H and O–H groups in total. The lowest BCUT2D eigenvalue weighted by molar-refractivity contribution is 0.0600. The Kier molecular flexibility index (Phi) is 2.48. The molecule has 0 saturated carbocycles. The number of hydrogen-bond acceptors (Lipinski definition) is 3. The second-order valence-electron chi connectivity index (χ2n) is 3.49. The molecule has 82 valence electrons. The molecule has 16 heavy (non-hydrogen) atoms.